The van der Waals surface area contributed by atoms with Gasteiger partial charge in [0.2, 0.25) is 5.91 Å². The summed E-state index contributed by atoms with van der Waals surface area (Å²) in [6, 6.07) is 4.27. The van der Waals surface area contributed by atoms with Crippen LogP contribution in [0.15, 0.2) is 18.2 Å². The standard InChI is InChI=1S/C16H20ClN3O3/c17-14-10-13(20(22)23)2-1-12(14)9-15(21)19-7-4-16(5-8-19)3-6-18-11-16/h1-2,10,18H,3-9,11H2. The van der Waals surface area contributed by atoms with Crippen LogP contribution in [0.5, 0.6) is 0 Å². The second kappa shape index (κ2) is 6.45. The van der Waals surface area contributed by atoms with Crippen LogP contribution >= 0.6 is 11.6 Å². The van der Waals surface area contributed by atoms with Crippen LogP contribution in [0.1, 0.15) is 24.8 Å². The third-order valence-electron chi connectivity index (χ3n) is 5.10. The zero-order valence-corrected chi connectivity index (χ0v) is 13.6. The van der Waals surface area contributed by atoms with Crippen molar-refractivity contribution in [2.75, 3.05) is 26.2 Å². The van der Waals surface area contributed by atoms with Gasteiger partial charge in [0.1, 0.15) is 0 Å². The fourth-order valence-electron chi connectivity index (χ4n) is 3.52. The number of rotatable bonds is 3. The van der Waals surface area contributed by atoms with E-state index in [1.807, 2.05) is 4.90 Å². The van der Waals surface area contributed by atoms with Crippen molar-refractivity contribution < 1.29 is 9.72 Å². The first-order chi connectivity index (χ1) is 11.0. The number of piperidine rings is 1. The Morgan fingerprint density at radius 1 is 1.35 bits per heavy atom. The minimum absolute atomic E-state index is 0.0431. The molecule has 7 heteroatoms. The molecule has 1 aromatic carbocycles. The van der Waals surface area contributed by atoms with E-state index in [1.54, 1.807) is 6.07 Å². The average Bonchev–Trinajstić information content (AvgIpc) is 2.98. The second-order valence-corrected chi connectivity index (χ2v) is 6.92. The topological polar surface area (TPSA) is 75.5 Å². The Labute approximate surface area is 139 Å². The molecular weight excluding hydrogens is 318 g/mol. The number of nitrogens with zero attached hydrogens (tertiary/aromatic N) is 2. The minimum Gasteiger partial charge on any atom is -0.342 e. The van der Waals surface area contributed by atoms with Crippen molar-refractivity contribution >= 4 is 23.2 Å². The summed E-state index contributed by atoms with van der Waals surface area (Å²) in [7, 11) is 0. The number of hydrogen-bond acceptors (Lipinski definition) is 4. The van der Waals surface area contributed by atoms with Crippen LogP contribution in [-0.2, 0) is 11.2 Å². The summed E-state index contributed by atoms with van der Waals surface area (Å²) in [6.45, 7) is 3.70. The maximum atomic E-state index is 12.5. The molecule has 0 aromatic heterocycles. The van der Waals surface area contributed by atoms with E-state index in [1.165, 1.54) is 18.6 Å². The first-order valence-corrected chi connectivity index (χ1v) is 8.28. The molecule has 0 bridgehead atoms. The molecular formula is C16H20ClN3O3. The molecule has 23 heavy (non-hydrogen) atoms. The average molecular weight is 338 g/mol. The van der Waals surface area contributed by atoms with E-state index in [0.717, 1.165) is 39.0 Å². The molecule has 0 aliphatic carbocycles. The van der Waals surface area contributed by atoms with Crippen molar-refractivity contribution in [1.29, 1.82) is 0 Å². The Hall–Kier alpha value is -1.66. The summed E-state index contributed by atoms with van der Waals surface area (Å²) in [6.07, 6.45) is 3.48. The predicted octanol–water partition coefficient (Wildman–Crippen LogP) is 2.39. The van der Waals surface area contributed by atoms with E-state index in [2.05, 4.69) is 5.32 Å². The SMILES string of the molecule is O=C(Cc1ccc([N+](=O)[O-])cc1Cl)N1CCC2(CCNC2)CC1. The van der Waals surface area contributed by atoms with E-state index in [0.29, 0.717) is 11.0 Å². The number of amides is 1. The van der Waals surface area contributed by atoms with Crippen molar-refractivity contribution in [3.63, 3.8) is 0 Å². The van der Waals surface area contributed by atoms with Crippen molar-refractivity contribution in [3.8, 4) is 0 Å². The Bertz CT molecular complexity index is 619. The third-order valence-corrected chi connectivity index (χ3v) is 5.45. The molecule has 2 aliphatic rings. The van der Waals surface area contributed by atoms with Gasteiger partial charge in [-0.1, -0.05) is 17.7 Å². The van der Waals surface area contributed by atoms with Gasteiger partial charge in [-0.3, -0.25) is 14.9 Å². The van der Waals surface area contributed by atoms with Crippen LogP contribution in [0.25, 0.3) is 0 Å². The van der Waals surface area contributed by atoms with Gasteiger partial charge in [-0.25, -0.2) is 0 Å². The van der Waals surface area contributed by atoms with Crippen molar-refractivity contribution in [3.05, 3.63) is 38.9 Å². The van der Waals surface area contributed by atoms with Crippen molar-refractivity contribution in [2.24, 2.45) is 5.41 Å². The van der Waals surface area contributed by atoms with E-state index < -0.39 is 4.92 Å². The smallest absolute Gasteiger partial charge is 0.270 e. The molecule has 0 unspecified atom stereocenters. The highest BCUT2D eigenvalue weighted by Crippen LogP contribution is 2.37. The zero-order valence-electron chi connectivity index (χ0n) is 12.9. The Balaban J connectivity index is 1.60. The van der Waals surface area contributed by atoms with Gasteiger partial charge in [-0.05, 0) is 36.8 Å². The van der Waals surface area contributed by atoms with Crippen molar-refractivity contribution in [2.45, 2.75) is 25.7 Å². The maximum Gasteiger partial charge on any atom is 0.270 e. The molecule has 1 aromatic rings. The molecule has 2 heterocycles. The van der Waals surface area contributed by atoms with Crippen molar-refractivity contribution in [1.82, 2.24) is 10.2 Å². The summed E-state index contributed by atoms with van der Waals surface area (Å²) in [5.74, 6) is 0.0431. The molecule has 2 saturated heterocycles. The highest BCUT2D eigenvalue weighted by molar-refractivity contribution is 6.31. The Morgan fingerprint density at radius 2 is 2.09 bits per heavy atom. The van der Waals surface area contributed by atoms with Crippen LogP contribution in [0.4, 0.5) is 5.69 Å². The number of non-ortho nitro benzene ring substituents is 1. The fourth-order valence-corrected chi connectivity index (χ4v) is 3.76. The number of nitro groups is 1. The lowest BCUT2D eigenvalue weighted by Crippen LogP contribution is -2.44. The van der Waals surface area contributed by atoms with Crippen LogP contribution in [-0.4, -0.2) is 41.9 Å². The van der Waals surface area contributed by atoms with Gasteiger partial charge >= 0.3 is 0 Å². The molecule has 0 atom stereocenters. The summed E-state index contributed by atoms with van der Waals surface area (Å²) < 4.78 is 0. The lowest BCUT2D eigenvalue weighted by Gasteiger charge is -2.39. The summed E-state index contributed by atoms with van der Waals surface area (Å²) in [5.41, 5.74) is 0.965. The van der Waals surface area contributed by atoms with E-state index in [9.17, 15) is 14.9 Å². The van der Waals surface area contributed by atoms with Gasteiger partial charge in [0.25, 0.3) is 5.69 Å². The Kier molecular flexibility index (Phi) is 4.55. The molecule has 1 N–H and O–H groups in total. The Morgan fingerprint density at radius 3 is 2.65 bits per heavy atom. The lowest BCUT2D eigenvalue weighted by molar-refractivity contribution is -0.384. The second-order valence-electron chi connectivity index (χ2n) is 6.52. The number of likely N-dealkylation sites (tertiary alicyclic amines) is 1. The summed E-state index contributed by atoms with van der Waals surface area (Å²) in [4.78, 5) is 24.6. The first-order valence-electron chi connectivity index (χ1n) is 7.90. The highest BCUT2D eigenvalue weighted by atomic mass is 35.5. The number of halogens is 1. The highest BCUT2D eigenvalue weighted by Gasteiger charge is 2.37. The van der Waals surface area contributed by atoms with Crippen LogP contribution in [0.2, 0.25) is 5.02 Å². The maximum absolute atomic E-state index is 12.5. The number of nitrogens with one attached hydrogen (secondary N) is 1. The van der Waals surface area contributed by atoms with E-state index in [-0.39, 0.29) is 23.0 Å². The zero-order chi connectivity index (χ0) is 16.4. The minimum atomic E-state index is -0.489. The third kappa shape index (κ3) is 3.48. The van der Waals surface area contributed by atoms with Gasteiger partial charge in [0.05, 0.1) is 16.4 Å². The van der Waals surface area contributed by atoms with Crippen LogP contribution < -0.4 is 5.32 Å². The van der Waals surface area contributed by atoms with Gasteiger partial charge < -0.3 is 10.2 Å². The van der Waals surface area contributed by atoms with Crippen LogP contribution in [0, 0.1) is 15.5 Å². The molecule has 3 rings (SSSR count). The largest absolute Gasteiger partial charge is 0.342 e. The molecule has 124 valence electrons. The number of carbonyl (C=O) groups is 1. The lowest BCUT2D eigenvalue weighted by atomic mass is 9.78. The van der Waals surface area contributed by atoms with Crippen LogP contribution in [0.3, 0.4) is 0 Å². The summed E-state index contributed by atoms with van der Waals surface area (Å²) >= 11 is 6.07. The van der Waals surface area contributed by atoms with Gasteiger partial charge in [0, 0.05) is 31.8 Å². The molecule has 2 fully saturated rings. The number of nitro benzene ring substituents is 1. The number of hydrogen-bond donors (Lipinski definition) is 1. The molecule has 1 amide bonds. The molecule has 2 aliphatic heterocycles. The van der Waals surface area contributed by atoms with E-state index in [4.69, 9.17) is 11.6 Å². The van der Waals surface area contributed by atoms with Gasteiger partial charge in [0.15, 0.2) is 0 Å². The van der Waals surface area contributed by atoms with Gasteiger partial charge in [-0.15, -0.1) is 0 Å². The molecule has 1 spiro atoms. The summed E-state index contributed by atoms with van der Waals surface area (Å²) in [5, 5.41) is 14.4. The molecule has 0 radical (unpaired) electrons. The van der Waals surface area contributed by atoms with E-state index >= 15 is 0 Å². The quantitative estimate of drug-likeness (QED) is 0.678. The molecule has 0 saturated carbocycles. The fraction of sp³-hybridized carbons (Fsp3) is 0.562. The molecule has 6 nitrogen and oxygen atoms in total. The normalized spacial score (nSPS) is 20.0. The number of benzene rings is 1. The predicted molar refractivity (Wildman–Crippen MR) is 87.5 cm³/mol. The number of carbonyl (C=O) groups excluding carboxylic acids is 1. The monoisotopic (exact) mass is 337 g/mol. The first kappa shape index (κ1) is 16.2. The van der Waals surface area contributed by atoms with Gasteiger partial charge in [-0.2, -0.15) is 0 Å².